The molecule has 2 aliphatic heterocycles. The molecule has 1 fully saturated rings. The molecule has 4 heterocycles. The maximum absolute atomic E-state index is 14.3. The number of nitrogens with zero attached hydrogens (tertiary/aromatic N) is 5. The largest absolute Gasteiger partial charge is 0.417 e. The number of aryl methyl sites for hydroxylation is 1. The molecule has 12 heteroatoms. The predicted molar refractivity (Wildman–Crippen MR) is 163 cm³/mol. The zero-order chi connectivity index (χ0) is 31.5. The van der Waals surface area contributed by atoms with E-state index in [9.17, 15) is 22.8 Å². The van der Waals surface area contributed by atoms with Crippen molar-refractivity contribution in [1.82, 2.24) is 24.6 Å². The molecule has 1 N–H and O–H groups in total. The van der Waals surface area contributed by atoms with Crippen molar-refractivity contribution in [2.45, 2.75) is 58.8 Å². The van der Waals surface area contributed by atoms with Gasteiger partial charge in [-0.1, -0.05) is 41.9 Å². The monoisotopic (exact) mass is 668 g/mol. The van der Waals surface area contributed by atoms with Gasteiger partial charge in [-0.25, -0.2) is 9.67 Å². The second-order valence-electron chi connectivity index (χ2n) is 12.0. The summed E-state index contributed by atoms with van der Waals surface area (Å²) in [5.74, 6) is -0.105. The first-order valence-corrected chi connectivity index (χ1v) is 15.3. The molecular formula is C32H32BrF3N6O2. The van der Waals surface area contributed by atoms with E-state index in [0.717, 1.165) is 28.6 Å². The van der Waals surface area contributed by atoms with Crippen molar-refractivity contribution < 1.29 is 22.8 Å². The number of H-pyrrole nitrogens is 1. The summed E-state index contributed by atoms with van der Waals surface area (Å²) in [5, 5.41) is 4.74. The lowest BCUT2D eigenvalue weighted by Crippen LogP contribution is -2.56. The number of rotatable bonds is 5. The van der Waals surface area contributed by atoms with Crippen LogP contribution in [0.2, 0.25) is 0 Å². The number of carbonyl (C=O) groups excluding carboxylic acids is 2. The van der Waals surface area contributed by atoms with Gasteiger partial charge in [0.15, 0.2) is 0 Å². The quantitative estimate of drug-likeness (QED) is 0.241. The molecule has 2 unspecified atom stereocenters. The smallest absolute Gasteiger partial charge is 0.348 e. The fourth-order valence-corrected chi connectivity index (χ4v) is 6.87. The van der Waals surface area contributed by atoms with Gasteiger partial charge in [0.1, 0.15) is 5.82 Å². The van der Waals surface area contributed by atoms with Crippen molar-refractivity contribution in [1.29, 1.82) is 0 Å². The van der Waals surface area contributed by atoms with Crippen LogP contribution in [0.15, 0.2) is 59.5 Å². The van der Waals surface area contributed by atoms with E-state index >= 15 is 0 Å². The van der Waals surface area contributed by atoms with E-state index in [4.69, 9.17) is 5.10 Å². The Morgan fingerprint density at radius 1 is 1.16 bits per heavy atom. The van der Waals surface area contributed by atoms with E-state index in [1.165, 1.54) is 12.1 Å². The van der Waals surface area contributed by atoms with Crippen LogP contribution in [0.3, 0.4) is 0 Å². The van der Waals surface area contributed by atoms with E-state index < -0.39 is 29.6 Å². The highest BCUT2D eigenvalue weighted by molar-refractivity contribution is 9.10. The summed E-state index contributed by atoms with van der Waals surface area (Å²) < 4.78 is 42.5. The van der Waals surface area contributed by atoms with E-state index in [1.54, 1.807) is 22.3 Å². The number of likely N-dealkylation sites (tertiary alicyclic amines) is 1. The molecule has 2 aliphatic rings. The van der Waals surface area contributed by atoms with Crippen molar-refractivity contribution in [2.24, 2.45) is 11.8 Å². The van der Waals surface area contributed by atoms with Gasteiger partial charge >= 0.3 is 6.18 Å². The number of hydrogen-bond acceptors (Lipinski definition) is 4. The third-order valence-corrected chi connectivity index (χ3v) is 9.21. The summed E-state index contributed by atoms with van der Waals surface area (Å²) in [6, 6.07) is 10.4. The van der Waals surface area contributed by atoms with Crippen LogP contribution in [-0.2, 0) is 17.4 Å². The third kappa shape index (κ3) is 5.22. The number of nitrogens with one attached hydrogen (secondary N) is 1. The number of benzene rings is 2. The molecule has 44 heavy (non-hydrogen) atoms. The summed E-state index contributed by atoms with van der Waals surface area (Å²) in [6.45, 7) is 8.12. The van der Waals surface area contributed by atoms with Gasteiger partial charge in [-0.05, 0) is 62.9 Å². The summed E-state index contributed by atoms with van der Waals surface area (Å²) in [6.07, 6.45) is -0.141. The first-order valence-electron chi connectivity index (χ1n) is 14.5. The fraction of sp³-hybridized carbons (Fsp3) is 0.375. The minimum absolute atomic E-state index is 0.0528. The zero-order valence-corrected chi connectivity index (χ0v) is 26.3. The fourth-order valence-electron chi connectivity index (χ4n) is 6.40. The standard InChI is InChI=1S/C32H32BrF3N6O2/c1-17(2)11-22-14-39-42-27-15-40(30(43)21-7-10-26(33)25(13-21)32(34,35)36)18(3)12-24(27)31(44)41(29(22)42)23-8-5-20(6-9-23)28-19(4)37-16-38-28/h5-10,13-14,16-18,24,27H,11-12,15H2,1-4H3,(H,37,38)/t18-,24?,27?/m0/s1. The number of fused-ring (bicyclic) bond motifs is 3. The van der Waals surface area contributed by atoms with Crippen molar-refractivity contribution in [3.05, 3.63) is 81.8 Å². The van der Waals surface area contributed by atoms with Gasteiger partial charge in [0.2, 0.25) is 5.91 Å². The molecule has 2 aromatic carbocycles. The number of piperidine rings is 1. The lowest BCUT2D eigenvalue weighted by atomic mass is 9.84. The highest BCUT2D eigenvalue weighted by Gasteiger charge is 2.48. The van der Waals surface area contributed by atoms with Gasteiger partial charge in [-0.2, -0.15) is 18.3 Å². The van der Waals surface area contributed by atoms with Crippen LogP contribution in [0.5, 0.6) is 0 Å². The summed E-state index contributed by atoms with van der Waals surface area (Å²) in [4.78, 5) is 38.8. The molecule has 0 bridgehead atoms. The lowest BCUT2D eigenvalue weighted by molar-refractivity contribution is -0.138. The van der Waals surface area contributed by atoms with Crippen LogP contribution in [-0.4, -0.2) is 49.0 Å². The maximum atomic E-state index is 14.3. The Bertz CT molecular complexity index is 1730. The topological polar surface area (TPSA) is 87.1 Å². The Balaban J connectivity index is 1.37. The molecule has 0 spiro atoms. The Morgan fingerprint density at radius 2 is 1.89 bits per heavy atom. The van der Waals surface area contributed by atoms with E-state index in [1.807, 2.05) is 42.8 Å². The highest BCUT2D eigenvalue weighted by atomic mass is 79.9. The predicted octanol–water partition coefficient (Wildman–Crippen LogP) is 7.33. The number of hydrogen-bond donors (Lipinski definition) is 1. The van der Waals surface area contributed by atoms with Crippen LogP contribution in [0.4, 0.5) is 24.7 Å². The average molecular weight is 670 g/mol. The number of carbonyl (C=O) groups is 2. The van der Waals surface area contributed by atoms with Crippen molar-refractivity contribution in [3.8, 4) is 11.3 Å². The number of imidazole rings is 1. The Kier molecular flexibility index (Phi) is 7.67. The number of aromatic nitrogens is 4. The highest BCUT2D eigenvalue weighted by Crippen LogP contribution is 2.45. The van der Waals surface area contributed by atoms with Crippen LogP contribution < -0.4 is 4.90 Å². The minimum atomic E-state index is -4.61. The zero-order valence-electron chi connectivity index (χ0n) is 24.7. The van der Waals surface area contributed by atoms with Crippen molar-refractivity contribution in [3.63, 3.8) is 0 Å². The minimum Gasteiger partial charge on any atom is -0.348 e. The number of amides is 2. The van der Waals surface area contributed by atoms with Gasteiger partial charge in [0, 0.05) is 39.4 Å². The second-order valence-corrected chi connectivity index (χ2v) is 12.9. The molecular weight excluding hydrogens is 637 g/mol. The first-order chi connectivity index (χ1) is 20.8. The Hall–Kier alpha value is -3.93. The van der Waals surface area contributed by atoms with Gasteiger partial charge < -0.3 is 9.88 Å². The van der Waals surface area contributed by atoms with Gasteiger partial charge in [-0.15, -0.1) is 0 Å². The molecule has 230 valence electrons. The van der Waals surface area contributed by atoms with Crippen LogP contribution in [0, 0.1) is 18.8 Å². The molecule has 2 amide bonds. The molecule has 3 atom stereocenters. The van der Waals surface area contributed by atoms with E-state index in [2.05, 4.69) is 39.7 Å². The maximum Gasteiger partial charge on any atom is 0.417 e. The molecule has 8 nitrogen and oxygen atoms in total. The Morgan fingerprint density at radius 3 is 2.52 bits per heavy atom. The molecule has 4 aromatic rings. The molecule has 1 saturated heterocycles. The van der Waals surface area contributed by atoms with Gasteiger partial charge in [-0.3, -0.25) is 14.5 Å². The third-order valence-electron chi connectivity index (χ3n) is 8.52. The number of aromatic amines is 1. The SMILES string of the molecule is Cc1[nH]cnc1-c1ccc(N2C(=O)C3C[C@H](C)N(C(=O)c4ccc(Br)c(C(F)(F)F)c4)CC3n3ncc(CC(C)C)c32)cc1. The van der Waals surface area contributed by atoms with E-state index in [-0.39, 0.29) is 28.5 Å². The van der Waals surface area contributed by atoms with Crippen molar-refractivity contribution >= 4 is 39.2 Å². The lowest BCUT2D eigenvalue weighted by Gasteiger charge is -2.47. The van der Waals surface area contributed by atoms with Crippen LogP contribution in [0.1, 0.15) is 60.4 Å². The average Bonchev–Trinajstić information content (AvgIpc) is 3.58. The normalized spacial score (nSPS) is 20.2. The second kappa shape index (κ2) is 11.2. The van der Waals surface area contributed by atoms with Crippen LogP contribution >= 0.6 is 15.9 Å². The molecule has 0 saturated carbocycles. The number of alkyl halides is 3. The van der Waals surface area contributed by atoms with Gasteiger partial charge in [0.25, 0.3) is 5.91 Å². The summed E-state index contributed by atoms with van der Waals surface area (Å²) in [7, 11) is 0. The molecule has 6 rings (SSSR count). The van der Waals surface area contributed by atoms with Gasteiger partial charge in [0.05, 0.1) is 41.4 Å². The molecule has 0 aliphatic carbocycles. The number of halogens is 4. The van der Waals surface area contributed by atoms with Crippen LogP contribution in [0.25, 0.3) is 11.3 Å². The van der Waals surface area contributed by atoms with Crippen molar-refractivity contribution in [2.75, 3.05) is 11.4 Å². The summed E-state index contributed by atoms with van der Waals surface area (Å²) >= 11 is 2.95. The Labute approximate surface area is 261 Å². The summed E-state index contributed by atoms with van der Waals surface area (Å²) in [5.41, 5.74) is 3.37. The molecule has 0 radical (unpaired) electrons. The first kappa shape index (κ1) is 30.1. The molecule has 2 aromatic heterocycles. The number of anilines is 2. The van der Waals surface area contributed by atoms with E-state index in [0.29, 0.717) is 30.3 Å².